The summed E-state index contributed by atoms with van der Waals surface area (Å²) >= 11 is 0. The number of likely N-dealkylation sites (tertiary alicyclic amines) is 1. The molecular formula is C22H35N3O6. The number of hydrogen-bond acceptors (Lipinski definition) is 6. The minimum Gasteiger partial charge on any atom is -0.508 e. The normalized spacial score (nSPS) is 15.1. The molecule has 174 valence electrons. The van der Waals surface area contributed by atoms with E-state index in [4.69, 9.17) is 19.8 Å². The topological polar surface area (TPSA) is 130 Å². The molecule has 0 aliphatic carbocycles. The lowest BCUT2D eigenvalue weighted by Gasteiger charge is -2.33. The lowest BCUT2D eigenvalue weighted by Crippen LogP contribution is -2.44. The quantitative estimate of drug-likeness (QED) is 0.472. The fourth-order valence-electron chi connectivity index (χ4n) is 3.62. The minimum absolute atomic E-state index is 0.0741. The number of carboxylic acid groups (broad SMARTS) is 2. The highest BCUT2D eigenvalue weighted by Crippen LogP contribution is 2.23. The molecule has 0 unspecified atom stereocenters. The second kappa shape index (κ2) is 12.3. The van der Waals surface area contributed by atoms with E-state index in [1.54, 1.807) is 6.07 Å². The van der Waals surface area contributed by atoms with E-state index in [0.717, 1.165) is 44.6 Å². The van der Waals surface area contributed by atoms with E-state index in [0.29, 0.717) is 12.3 Å². The van der Waals surface area contributed by atoms with Gasteiger partial charge in [-0.15, -0.1) is 0 Å². The van der Waals surface area contributed by atoms with Gasteiger partial charge < -0.3 is 25.5 Å². The fourth-order valence-corrected chi connectivity index (χ4v) is 3.62. The maximum atomic E-state index is 12.5. The summed E-state index contributed by atoms with van der Waals surface area (Å²) in [6, 6.07) is 7.48. The Labute approximate surface area is 183 Å². The first kappa shape index (κ1) is 26.4. The minimum atomic E-state index is -1.82. The van der Waals surface area contributed by atoms with Crippen LogP contribution in [0.25, 0.3) is 0 Å². The third-order valence-corrected chi connectivity index (χ3v) is 5.01. The number of carbonyl (C=O) groups is 3. The zero-order valence-electron chi connectivity index (χ0n) is 18.8. The van der Waals surface area contributed by atoms with Crippen LogP contribution < -0.4 is 5.32 Å². The SMILES string of the molecule is CN(C)CC(C)(C)CNC(=O)C1CCN(Cc2ccccc2O)CC1.O=C(O)C(=O)O. The standard InChI is InChI=1S/C20H33N3O2.C2H2O4/c1-20(2,15-22(3)4)14-21-19(25)16-9-11-23(12-10-16)13-17-7-5-6-8-18(17)24;3-1(4)2(5)6/h5-8,16,24H,9-15H2,1-4H3,(H,21,25);(H,3,4)(H,5,6). The summed E-state index contributed by atoms with van der Waals surface area (Å²) in [6.45, 7) is 8.57. The molecule has 0 radical (unpaired) electrons. The molecule has 1 saturated heterocycles. The van der Waals surface area contributed by atoms with E-state index in [-0.39, 0.29) is 17.2 Å². The number of nitrogens with one attached hydrogen (secondary N) is 1. The monoisotopic (exact) mass is 437 g/mol. The van der Waals surface area contributed by atoms with Crippen LogP contribution in [0.2, 0.25) is 0 Å². The van der Waals surface area contributed by atoms with E-state index in [9.17, 15) is 9.90 Å². The second-order valence-electron chi connectivity index (χ2n) is 8.91. The van der Waals surface area contributed by atoms with Gasteiger partial charge in [-0.1, -0.05) is 32.0 Å². The maximum absolute atomic E-state index is 12.5. The molecule has 0 saturated carbocycles. The van der Waals surface area contributed by atoms with Gasteiger partial charge in [-0.2, -0.15) is 0 Å². The van der Waals surface area contributed by atoms with E-state index in [1.807, 2.05) is 18.2 Å². The van der Waals surface area contributed by atoms with Crippen LogP contribution in [0.4, 0.5) is 0 Å². The number of para-hydroxylation sites is 1. The first-order valence-corrected chi connectivity index (χ1v) is 10.3. The number of hydrogen-bond donors (Lipinski definition) is 4. The zero-order valence-corrected chi connectivity index (χ0v) is 18.8. The number of benzene rings is 1. The average molecular weight is 438 g/mol. The van der Waals surface area contributed by atoms with Crippen LogP contribution >= 0.6 is 0 Å². The smallest absolute Gasteiger partial charge is 0.414 e. The van der Waals surface area contributed by atoms with Gasteiger partial charge in [0.2, 0.25) is 5.91 Å². The van der Waals surface area contributed by atoms with Crippen LogP contribution in [-0.4, -0.2) is 83.2 Å². The summed E-state index contributed by atoms with van der Waals surface area (Å²) in [5.41, 5.74) is 1.03. The van der Waals surface area contributed by atoms with Gasteiger partial charge in [0.05, 0.1) is 0 Å². The lowest BCUT2D eigenvalue weighted by molar-refractivity contribution is -0.159. The number of amides is 1. The van der Waals surface area contributed by atoms with E-state index >= 15 is 0 Å². The van der Waals surface area contributed by atoms with E-state index in [2.05, 4.69) is 43.1 Å². The molecule has 1 aromatic carbocycles. The molecule has 0 spiro atoms. The number of aromatic hydroxyl groups is 1. The van der Waals surface area contributed by atoms with E-state index < -0.39 is 11.9 Å². The molecule has 1 aliphatic heterocycles. The van der Waals surface area contributed by atoms with Gasteiger partial charge >= 0.3 is 11.9 Å². The summed E-state index contributed by atoms with van der Waals surface area (Å²) in [6.07, 6.45) is 1.76. The molecule has 1 fully saturated rings. The zero-order chi connectivity index (χ0) is 23.6. The highest BCUT2D eigenvalue weighted by atomic mass is 16.4. The Kier molecular flexibility index (Phi) is 10.4. The Balaban J connectivity index is 0.000000703. The number of nitrogens with zero attached hydrogens (tertiary/aromatic N) is 2. The van der Waals surface area contributed by atoms with Crippen molar-refractivity contribution in [3.05, 3.63) is 29.8 Å². The Hall–Kier alpha value is -2.65. The van der Waals surface area contributed by atoms with Gasteiger partial charge in [0.15, 0.2) is 0 Å². The van der Waals surface area contributed by atoms with Crippen molar-refractivity contribution in [1.29, 1.82) is 0 Å². The van der Waals surface area contributed by atoms with Crippen LogP contribution in [0.5, 0.6) is 5.75 Å². The van der Waals surface area contributed by atoms with Crippen molar-refractivity contribution >= 4 is 17.8 Å². The van der Waals surface area contributed by atoms with Gasteiger partial charge in [0.1, 0.15) is 5.75 Å². The lowest BCUT2D eigenvalue weighted by atomic mass is 9.91. The van der Waals surface area contributed by atoms with E-state index in [1.165, 1.54) is 0 Å². The molecule has 9 nitrogen and oxygen atoms in total. The predicted octanol–water partition coefficient (Wildman–Crippen LogP) is 1.46. The number of phenols is 1. The Bertz CT molecular complexity index is 731. The van der Waals surface area contributed by atoms with Crippen molar-refractivity contribution in [2.24, 2.45) is 11.3 Å². The van der Waals surface area contributed by atoms with Crippen LogP contribution in [0.3, 0.4) is 0 Å². The number of rotatable bonds is 7. The molecule has 9 heteroatoms. The van der Waals surface area contributed by atoms with Crippen molar-refractivity contribution in [2.45, 2.75) is 33.2 Å². The number of aliphatic carboxylic acids is 2. The van der Waals surface area contributed by atoms with Crippen molar-refractivity contribution in [3.63, 3.8) is 0 Å². The van der Waals surface area contributed by atoms with Crippen molar-refractivity contribution in [3.8, 4) is 5.75 Å². The summed E-state index contributed by atoms with van der Waals surface area (Å²) in [5, 5.41) is 27.8. The number of phenolic OH excluding ortho intramolecular Hbond substituents is 1. The molecular weight excluding hydrogens is 402 g/mol. The first-order chi connectivity index (χ1) is 14.4. The van der Waals surface area contributed by atoms with Gasteiger partial charge in [0.25, 0.3) is 0 Å². The predicted molar refractivity (Wildman–Crippen MR) is 117 cm³/mol. The molecule has 0 bridgehead atoms. The molecule has 1 heterocycles. The van der Waals surface area contributed by atoms with Crippen LogP contribution in [0.15, 0.2) is 24.3 Å². The van der Waals surface area contributed by atoms with Gasteiger partial charge in [-0.3, -0.25) is 9.69 Å². The third-order valence-electron chi connectivity index (χ3n) is 5.01. The third kappa shape index (κ3) is 10.3. The van der Waals surface area contributed by atoms with Gasteiger partial charge in [0, 0.05) is 31.1 Å². The summed E-state index contributed by atoms with van der Waals surface area (Å²) < 4.78 is 0. The number of carboxylic acids is 2. The molecule has 4 N–H and O–H groups in total. The molecule has 1 amide bonds. The fraction of sp³-hybridized carbons (Fsp3) is 0.591. The van der Waals surface area contributed by atoms with Crippen LogP contribution in [0, 0.1) is 11.3 Å². The van der Waals surface area contributed by atoms with Crippen LogP contribution in [-0.2, 0) is 20.9 Å². The Morgan fingerprint density at radius 2 is 1.65 bits per heavy atom. The van der Waals surface area contributed by atoms with Gasteiger partial charge in [-0.25, -0.2) is 9.59 Å². The molecule has 0 aromatic heterocycles. The molecule has 1 aliphatic rings. The Morgan fingerprint density at radius 1 is 1.10 bits per heavy atom. The maximum Gasteiger partial charge on any atom is 0.414 e. The highest BCUT2D eigenvalue weighted by Gasteiger charge is 2.27. The van der Waals surface area contributed by atoms with Crippen molar-refractivity contribution in [2.75, 3.05) is 40.3 Å². The number of carbonyl (C=O) groups excluding carboxylic acids is 1. The van der Waals surface area contributed by atoms with Crippen LogP contribution in [0.1, 0.15) is 32.3 Å². The van der Waals surface area contributed by atoms with Gasteiger partial charge in [-0.05, 0) is 51.5 Å². The highest BCUT2D eigenvalue weighted by molar-refractivity contribution is 6.27. The average Bonchev–Trinajstić information content (AvgIpc) is 2.68. The van der Waals surface area contributed by atoms with Crippen molar-refractivity contribution < 1.29 is 29.7 Å². The summed E-state index contributed by atoms with van der Waals surface area (Å²) in [4.78, 5) is 35.1. The summed E-state index contributed by atoms with van der Waals surface area (Å²) in [7, 11) is 4.12. The molecule has 1 aromatic rings. The molecule has 2 rings (SSSR count). The second-order valence-corrected chi connectivity index (χ2v) is 8.91. The first-order valence-electron chi connectivity index (χ1n) is 10.3. The van der Waals surface area contributed by atoms with Crippen molar-refractivity contribution in [1.82, 2.24) is 15.1 Å². The largest absolute Gasteiger partial charge is 0.508 e. The Morgan fingerprint density at radius 3 is 2.13 bits per heavy atom. The number of piperidine rings is 1. The summed E-state index contributed by atoms with van der Waals surface area (Å²) in [5.74, 6) is -3.00. The molecule has 0 atom stereocenters. The molecule has 31 heavy (non-hydrogen) atoms.